The van der Waals surface area contributed by atoms with Gasteiger partial charge in [0.15, 0.2) is 11.0 Å². The van der Waals surface area contributed by atoms with Crippen molar-refractivity contribution in [2.24, 2.45) is 10.9 Å². The van der Waals surface area contributed by atoms with Gasteiger partial charge < -0.3 is 10.3 Å². The Kier molecular flexibility index (Phi) is 4.93. The first-order chi connectivity index (χ1) is 19.4. The van der Waals surface area contributed by atoms with Gasteiger partial charge in [0, 0.05) is 51.4 Å². The fourth-order valence-electron chi connectivity index (χ4n) is 6.24. The van der Waals surface area contributed by atoms with Gasteiger partial charge in [0.05, 0.1) is 23.4 Å². The van der Waals surface area contributed by atoms with Crippen molar-refractivity contribution in [2.45, 2.75) is 24.8 Å². The summed E-state index contributed by atoms with van der Waals surface area (Å²) in [6, 6.07) is 14.2. The van der Waals surface area contributed by atoms with Crippen LogP contribution >= 0.6 is 23.2 Å². The van der Waals surface area contributed by atoms with E-state index in [2.05, 4.69) is 25.5 Å². The lowest BCUT2D eigenvalue weighted by Gasteiger charge is -2.20. The number of nitrogen functional groups attached to an aromatic ring is 1. The standard InChI is InChI=1S/C28H19Cl2FN8O/c29-14-2-4-22(38-11-24(30)35-37-38)16(8-14)13-6-23-18-9-19(18)26(39(23)25(40)7-13)21-10-17(27(31)33-21)12-1-3-15-20(5-12)34-36-28(15)32/h1-8,11,18-19,26H,9-10H2,(H3,32,34,36)/t18-,19+,26+/m1/s1. The van der Waals surface area contributed by atoms with E-state index in [0.29, 0.717) is 39.8 Å². The van der Waals surface area contributed by atoms with Crippen molar-refractivity contribution in [3.63, 3.8) is 0 Å². The number of rotatable bonds is 4. The molecule has 3 atom stereocenters. The summed E-state index contributed by atoms with van der Waals surface area (Å²) in [6.45, 7) is 0. The number of benzene rings is 2. The topological polar surface area (TPSA) is 120 Å². The molecule has 3 aliphatic rings. The van der Waals surface area contributed by atoms with Crippen LogP contribution in [0, 0.1) is 5.92 Å². The van der Waals surface area contributed by atoms with Crippen molar-refractivity contribution in [3.05, 3.63) is 92.5 Å². The lowest BCUT2D eigenvalue weighted by molar-refractivity contribution is 0.579. The number of hydrogen-bond donors (Lipinski definition) is 2. The number of aromatic nitrogens is 6. The van der Waals surface area contributed by atoms with Crippen molar-refractivity contribution in [2.75, 3.05) is 5.73 Å². The largest absolute Gasteiger partial charge is 0.382 e. The molecule has 0 unspecified atom stereocenters. The molecule has 9 nitrogen and oxygen atoms in total. The van der Waals surface area contributed by atoms with Gasteiger partial charge in [-0.3, -0.25) is 9.89 Å². The minimum absolute atomic E-state index is 0.168. The maximum Gasteiger partial charge on any atom is 0.251 e. The summed E-state index contributed by atoms with van der Waals surface area (Å²) in [7, 11) is 0. The summed E-state index contributed by atoms with van der Waals surface area (Å²) < 4.78 is 18.6. The smallest absolute Gasteiger partial charge is 0.251 e. The lowest BCUT2D eigenvalue weighted by atomic mass is 9.97. The first kappa shape index (κ1) is 23.6. The summed E-state index contributed by atoms with van der Waals surface area (Å²) in [4.78, 5) is 18.0. The third-order valence-electron chi connectivity index (χ3n) is 8.11. The Morgan fingerprint density at radius 3 is 2.77 bits per heavy atom. The second-order valence-electron chi connectivity index (χ2n) is 10.4. The SMILES string of the molecule is Nc1n[nH]c2cc(C3=C(F)N=C([C@@H]4[C@H]5C[C@H]5c5cc(-c6cc(Cl)ccc6-n6cc(Cl)nn6)cc(=O)n54)C3)ccc12. The van der Waals surface area contributed by atoms with Crippen LogP contribution in [0.15, 0.2) is 70.5 Å². The average molecular weight is 573 g/mol. The zero-order valence-corrected chi connectivity index (χ0v) is 22.2. The van der Waals surface area contributed by atoms with Gasteiger partial charge in [0.2, 0.25) is 5.95 Å². The highest BCUT2D eigenvalue weighted by molar-refractivity contribution is 6.31. The second-order valence-corrected chi connectivity index (χ2v) is 11.2. The number of pyridine rings is 1. The molecule has 0 bridgehead atoms. The molecule has 12 heteroatoms. The molecule has 2 aromatic carbocycles. The zero-order valence-electron chi connectivity index (χ0n) is 20.6. The highest BCUT2D eigenvalue weighted by Gasteiger charge is 2.55. The Hall–Kier alpha value is -4.28. The number of nitrogens with one attached hydrogen (secondary N) is 1. The molecule has 5 heterocycles. The van der Waals surface area contributed by atoms with Crippen LogP contribution in [-0.4, -0.2) is 35.5 Å². The molecule has 1 saturated carbocycles. The maximum atomic E-state index is 15.2. The van der Waals surface area contributed by atoms with Crippen LogP contribution in [0.25, 0.3) is 33.3 Å². The van der Waals surface area contributed by atoms with E-state index in [1.807, 2.05) is 30.3 Å². The van der Waals surface area contributed by atoms with E-state index >= 15 is 4.39 Å². The van der Waals surface area contributed by atoms with Gasteiger partial charge >= 0.3 is 0 Å². The fourth-order valence-corrected chi connectivity index (χ4v) is 6.54. The van der Waals surface area contributed by atoms with Crippen LogP contribution in [0.2, 0.25) is 10.2 Å². The van der Waals surface area contributed by atoms with Crippen LogP contribution < -0.4 is 11.3 Å². The monoisotopic (exact) mass is 572 g/mol. The Morgan fingerprint density at radius 1 is 1.07 bits per heavy atom. The number of H-pyrrole nitrogens is 1. The number of aliphatic imine (C=N–C) groups is 1. The van der Waals surface area contributed by atoms with E-state index in [-0.39, 0.29) is 28.6 Å². The Balaban J connectivity index is 1.16. The number of anilines is 1. The van der Waals surface area contributed by atoms with Crippen LogP contribution in [0.5, 0.6) is 0 Å². The molecule has 1 fully saturated rings. The molecule has 0 spiro atoms. The van der Waals surface area contributed by atoms with Gasteiger partial charge in [-0.05, 0) is 59.9 Å². The van der Waals surface area contributed by atoms with Gasteiger partial charge in [0.25, 0.3) is 5.56 Å². The first-order valence-corrected chi connectivity index (χ1v) is 13.5. The first-order valence-electron chi connectivity index (χ1n) is 12.7. The number of nitrogens with zero attached hydrogens (tertiary/aromatic N) is 6. The van der Waals surface area contributed by atoms with E-state index in [1.165, 1.54) is 0 Å². The number of allylic oxidation sites excluding steroid dienone is 1. The third-order valence-corrected chi connectivity index (χ3v) is 8.52. The normalized spacial score (nSPS) is 21.2. The lowest BCUT2D eigenvalue weighted by Crippen LogP contribution is -2.29. The molecular formula is C28H19Cl2FN8O. The number of hydrogen-bond acceptors (Lipinski definition) is 6. The van der Waals surface area contributed by atoms with Gasteiger partial charge in [0.1, 0.15) is 0 Å². The Morgan fingerprint density at radius 2 is 1.95 bits per heavy atom. The zero-order chi connectivity index (χ0) is 27.3. The predicted molar refractivity (Wildman–Crippen MR) is 152 cm³/mol. The molecule has 0 radical (unpaired) electrons. The van der Waals surface area contributed by atoms with Gasteiger partial charge in [-0.15, -0.1) is 5.10 Å². The summed E-state index contributed by atoms with van der Waals surface area (Å²) in [5, 5.41) is 16.4. The van der Waals surface area contributed by atoms with Crippen molar-refractivity contribution in [1.82, 2.24) is 29.8 Å². The highest BCUT2D eigenvalue weighted by Crippen LogP contribution is 2.60. The summed E-state index contributed by atoms with van der Waals surface area (Å²) in [6.07, 6.45) is 2.84. The maximum absolute atomic E-state index is 15.2. The van der Waals surface area contributed by atoms with E-state index in [0.717, 1.165) is 34.1 Å². The van der Waals surface area contributed by atoms with Crippen molar-refractivity contribution >= 4 is 51.2 Å². The molecule has 2 aliphatic heterocycles. The van der Waals surface area contributed by atoms with Gasteiger partial charge in [-0.25, -0.2) is 9.67 Å². The highest BCUT2D eigenvalue weighted by atomic mass is 35.5. The van der Waals surface area contributed by atoms with Crippen molar-refractivity contribution < 1.29 is 4.39 Å². The van der Waals surface area contributed by atoms with Crippen LogP contribution in [0.3, 0.4) is 0 Å². The minimum atomic E-state index is -0.521. The van der Waals surface area contributed by atoms with E-state index < -0.39 is 5.95 Å². The van der Waals surface area contributed by atoms with Crippen LogP contribution in [0.1, 0.15) is 36.1 Å². The summed E-state index contributed by atoms with van der Waals surface area (Å²) in [5.41, 5.74) is 11.4. The summed E-state index contributed by atoms with van der Waals surface area (Å²) >= 11 is 12.4. The van der Waals surface area contributed by atoms with E-state index in [4.69, 9.17) is 28.9 Å². The number of fused-ring (bicyclic) bond motifs is 4. The van der Waals surface area contributed by atoms with Gasteiger partial charge in [-0.1, -0.05) is 34.5 Å². The molecule has 40 heavy (non-hydrogen) atoms. The molecule has 3 aromatic heterocycles. The third kappa shape index (κ3) is 3.49. The molecule has 8 rings (SSSR count). The molecule has 3 N–H and O–H groups in total. The minimum Gasteiger partial charge on any atom is -0.382 e. The molecular weight excluding hydrogens is 554 g/mol. The molecule has 1 aliphatic carbocycles. The number of nitrogens with two attached hydrogens (primary N) is 1. The quantitative estimate of drug-likeness (QED) is 0.267. The van der Waals surface area contributed by atoms with Gasteiger partial charge in [-0.2, -0.15) is 9.49 Å². The van der Waals surface area contributed by atoms with E-state index in [1.54, 1.807) is 33.6 Å². The second kappa shape index (κ2) is 8.36. The predicted octanol–water partition coefficient (Wildman–Crippen LogP) is 5.70. The average Bonchev–Trinajstić information content (AvgIpc) is 3.21. The van der Waals surface area contributed by atoms with Crippen molar-refractivity contribution in [3.8, 4) is 16.8 Å². The number of aromatic amines is 1. The fraction of sp³-hybridized carbons (Fsp3) is 0.179. The van der Waals surface area contributed by atoms with E-state index in [9.17, 15) is 4.79 Å². The molecule has 198 valence electrons. The van der Waals surface area contributed by atoms with Crippen molar-refractivity contribution in [1.29, 1.82) is 0 Å². The molecule has 5 aromatic rings. The summed E-state index contributed by atoms with van der Waals surface area (Å²) in [5.74, 6) is 0.291. The Labute approximate surface area is 235 Å². The van der Waals surface area contributed by atoms with Crippen LogP contribution in [0.4, 0.5) is 10.2 Å². The molecule has 0 saturated heterocycles. The molecule has 0 amide bonds. The Bertz CT molecular complexity index is 2020. The number of halogens is 3. The van der Waals surface area contributed by atoms with Crippen LogP contribution in [-0.2, 0) is 0 Å².